The maximum atomic E-state index is 11.1. The van der Waals surface area contributed by atoms with E-state index in [-0.39, 0.29) is 16.3 Å². The lowest BCUT2D eigenvalue weighted by Crippen LogP contribution is -2.03. The van der Waals surface area contributed by atoms with Crippen LogP contribution in [-0.2, 0) is 5.75 Å². The molecule has 0 fully saturated rings. The highest BCUT2D eigenvalue weighted by molar-refractivity contribution is 7.98. The SMILES string of the molecule is O=C(O)c1cc([N+](=O)[O-])cnc1SCc1ccco1. The van der Waals surface area contributed by atoms with Crippen LogP contribution in [0, 0.1) is 10.1 Å². The van der Waals surface area contributed by atoms with E-state index in [1.165, 1.54) is 6.26 Å². The highest BCUT2D eigenvalue weighted by Crippen LogP contribution is 2.27. The minimum Gasteiger partial charge on any atom is -0.478 e. The Morgan fingerprint density at radius 2 is 2.37 bits per heavy atom. The number of carboxylic acids is 1. The minimum atomic E-state index is -1.25. The van der Waals surface area contributed by atoms with Crippen molar-refractivity contribution in [2.45, 2.75) is 10.8 Å². The van der Waals surface area contributed by atoms with Crippen LogP contribution in [0.25, 0.3) is 0 Å². The zero-order valence-electron chi connectivity index (χ0n) is 9.48. The van der Waals surface area contributed by atoms with E-state index in [4.69, 9.17) is 9.52 Å². The molecule has 2 aromatic rings. The molecule has 0 aromatic carbocycles. The lowest BCUT2D eigenvalue weighted by Gasteiger charge is -2.03. The van der Waals surface area contributed by atoms with Crippen molar-refractivity contribution in [2.24, 2.45) is 0 Å². The number of hydrogen-bond acceptors (Lipinski definition) is 6. The Hall–Kier alpha value is -2.35. The number of carboxylic acid groups (broad SMARTS) is 1. The number of nitrogens with zero attached hydrogens (tertiary/aromatic N) is 2. The molecular weight excluding hydrogens is 272 g/mol. The summed E-state index contributed by atoms with van der Waals surface area (Å²) in [5, 5.41) is 19.8. The van der Waals surface area contributed by atoms with Crippen LogP contribution in [0.2, 0.25) is 0 Å². The van der Waals surface area contributed by atoms with Gasteiger partial charge in [0, 0.05) is 6.07 Å². The van der Waals surface area contributed by atoms with Crippen molar-refractivity contribution in [1.82, 2.24) is 4.98 Å². The molecule has 0 unspecified atom stereocenters. The average Bonchev–Trinajstić information content (AvgIpc) is 2.89. The lowest BCUT2D eigenvalue weighted by molar-refractivity contribution is -0.385. The first kappa shape index (κ1) is 13.1. The van der Waals surface area contributed by atoms with Crippen molar-refractivity contribution in [2.75, 3.05) is 0 Å². The summed E-state index contributed by atoms with van der Waals surface area (Å²) >= 11 is 1.15. The van der Waals surface area contributed by atoms with Gasteiger partial charge in [-0.05, 0) is 12.1 Å². The number of rotatable bonds is 5. The second kappa shape index (κ2) is 5.53. The molecule has 0 aliphatic heterocycles. The summed E-state index contributed by atoms with van der Waals surface area (Å²) in [5.41, 5.74) is -0.537. The second-order valence-corrected chi connectivity index (χ2v) is 4.44. The largest absolute Gasteiger partial charge is 0.478 e. The van der Waals surface area contributed by atoms with Gasteiger partial charge >= 0.3 is 5.97 Å². The molecule has 0 saturated heterocycles. The fourth-order valence-electron chi connectivity index (χ4n) is 1.34. The average molecular weight is 280 g/mol. The number of nitro groups is 1. The first-order chi connectivity index (χ1) is 9.08. The summed E-state index contributed by atoms with van der Waals surface area (Å²) < 4.78 is 5.11. The third-order valence-corrected chi connectivity index (χ3v) is 3.24. The molecule has 98 valence electrons. The van der Waals surface area contributed by atoms with Gasteiger partial charge in [0.05, 0.1) is 22.5 Å². The van der Waals surface area contributed by atoms with Gasteiger partial charge in [0.15, 0.2) is 0 Å². The fourth-order valence-corrected chi connectivity index (χ4v) is 2.22. The van der Waals surface area contributed by atoms with Gasteiger partial charge in [-0.25, -0.2) is 9.78 Å². The van der Waals surface area contributed by atoms with E-state index in [9.17, 15) is 14.9 Å². The number of carbonyl (C=O) groups is 1. The quantitative estimate of drug-likeness (QED) is 0.509. The monoisotopic (exact) mass is 280 g/mol. The number of aromatic carboxylic acids is 1. The van der Waals surface area contributed by atoms with E-state index in [0.29, 0.717) is 11.5 Å². The summed E-state index contributed by atoms with van der Waals surface area (Å²) in [7, 11) is 0. The van der Waals surface area contributed by atoms with Crippen LogP contribution in [0.4, 0.5) is 5.69 Å². The van der Waals surface area contributed by atoms with Gasteiger partial charge < -0.3 is 9.52 Å². The van der Waals surface area contributed by atoms with Gasteiger partial charge in [-0.1, -0.05) is 11.8 Å². The Bertz CT molecular complexity index is 612. The zero-order valence-corrected chi connectivity index (χ0v) is 10.3. The molecule has 0 aliphatic rings. The first-order valence-corrected chi connectivity index (χ1v) is 6.09. The van der Waals surface area contributed by atoms with Crippen molar-refractivity contribution in [3.05, 3.63) is 52.1 Å². The number of pyridine rings is 1. The van der Waals surface area contributed by atoms with Crippen LogP contribution in [-0.4, -0.2) is 21.0 Å². The Labute approximate surface area is 111 Å². The number of furan rings is 1. The Kier molecular flexibility index (Phi) is 3.81. The van der Waals surface area contributed by atoms with Gasteiger partial charge in [0.2, 0.25) is 0 Å². The maximum absolute atomic E-state index is 11.1. The molecule has 7 nitrogen and oxygen atoms in total. The highest BCUT2D eigenvalue weighted by atomic mass is 32.2. The highest BCUT2D eigenvalue weighted by Gasteiger charge is 2.18. The smallest absolute Gasteiger partial charge is 0.338 e. The molecule has 0 atom stereocenters. The lowest BCUT2D eigenvalue weighted by atomic mass is 10.3. The van der Waals surface area contributed by atoms with Crippen LogP contribution in [0.15, 0.2) is 40.1 Å². The number of hydrogen-bond donors (Lipinski definition) is 1. The van der Waals surface area contributed by atoms with E-state index in [1.807, 2.05) is 0 Å². The van der Waals surface area contributed by atoms with Gasteiger partial charge in [-0.3, -0.25) is 10.1 Å². The van der Waals surface area contributed by atoms with Crippen LogP contribution in [0.1, 0.15) is 16.1 Å². The summed E-state index contributed by atoms with van der Waals surface area (Å²) in [6.45, 7) is 0. The van der Waals surface area contributed by atoms with Crippen LogP contribution in [0.5, 0.6) is 0 Å². The molecular formula is C11H8N2O5S. The summed E-state index contributed by atoms with van der Waals surface area (Å²) in [5.74, 6) is -0.183. The van der Waals surface area contributed by atoms with Gasteiger partial charge in [-0.2, -0.15) is 0 Å². The Balaban J connectivity index is 2.24. The number of aromatic nitrogens is 1. The molecule has 0 aliphatic carbocycles. The van der Waals surface area contributed by atoms with E-state index in [2.05, 4.69) is 4.98 Å². The van der Waals surface area contributed by atoms with Crippen molar-refractivity contribution in [3.8, 4) is 0 Å². The molecule has 19 heavy (non-hydrogen) atoms. The molecule has 8 heteroatoms. The van der Waals surface area contributed by atoms with Crippen LogP contribution in [0.3, 0.4) is 0 Å². The Morgan fingerprint density at radius 1 is 1.58 bits per heavy atom. The van der Waals surface area contributed by atoms with Crippen molar-refractivity contribution < 1.29 is 19.2 Å². The molecule has 0 saturated carbocycles. The van der Waals surface area contributed by atoms with Crippen LogP contribution < -0.4 is 0 Å². The Morgan fingerprint density at radius 3 is 2.95 bits per heavy atom. The third-order valence-electron chi connectivity index (χ3n) is 2.21. The normalized spacial score (nSPS) is 10.3. The minimum absolute atomic E-state index is 0.189. The summed E-state index contributed by atoms with van der Waals surface area (Å²) in [6, 6.07) is 4.47. The molecule has 2 aromatic heterocycles. The first-order valence-electron chi connectivity index (χ1n) is 5.11. The van der Waals surface area contributed by atoms with Gasteiger partial charge in [-0.15, -0.1) is 0 Å². The molecule has 0 amide bonds. The predicted octanol–water partition coefficient (Wildman–Crippen LogP) is 2.57. The zero-order chi connectivity index (χ0) is 13.8. The predicted molar refractivity (Wildman–Crippen MR) is 66.1 cm³/mol. The van der Waals surface area contributed by atoms with E-state index in [1.54, 1.807) is 12.1 Å². The van der Waals surface area contributed by atoms with Crippen molar-refractivity contribution in [1.29, 1.82) is 0 Å². The number of thioether (sulfide) groups is 1. The standard InChI is InChI=1S/C11H8N2O5S/c14-11(15)9-4-7(13(16)17)5-12-10(9)19-6-8-2-1-3-18-8/h1-5H,6H2,(H,14,15). The molecule has 0 spiro atoms. The van der Waals surface area contributed by atoms with Crippen molar-refractivity contribution in [3.63, 3.8) is 0 Å². The second-order valence-electron chi connectivity index (χ2n) is 3.48. The third kappa shape index (κ3) is 3.10. The van der Waals surface area contributed by atoms with Crippen molar-refractivity contribution >= 4 is 23.4 Å². The van der Waals surface area contributed by atoms with E-state index >= 15 is 0 Å². The topological polar surface area (TPSA) is 106 Å². The van der Waals surface area contributed by atoms with E-state index < -0.39 is 10.9 Å². The summed E-state index contributed by atoms with van der Waals surface area (Å²) in [4.78, 5) is 24.8. The van der Waals surface area contributed by atoms with Crippen LogP contribution >= 0.6 is 11.8 Å². The van der Waals surface area contributed by atoms with Gasteiger partial charge in [0.1, 0.15) is 17.0 Å². The molecule has 0 radical (unpaired) electrons. The molecule has 2 rings (SSSR count). The molecule has 1 N–H and O–H groups in total. The van der Waals surface area contributed by atoms with Gasteiger partial charge in [0.25, 0.3) is 5.69 Å². The molecule has 0 bridgehead atoms. The summed E-state index contributed by atoms with van der Waals surface area (Å²) in [6.07, 6.45) is 2.55. The fraction of sp³-hybridized carbons (Fsp3) is 0.0909. The van der Waals surface area contributed by atoms with E-state index in [0.717, 1.165) is 24.0 Å². The molecule has 2 heterocycles. The maximum Gasteiger partial charge on any atom is 0.338 e.